The molecule has 0 unspecified atom stereocenters. The molecule has 6 heteroatoms. The van der Waals surface area contributed by atoms with Crippen molar-refractivity contribution < 1.29 is 23.7 Å². The molecule has 0 amide bonds. The highest BCUT2D eigenvalue weighted by Crippen LogP contribution is 2.57. The summed E-state index contributed by atoms with van der Waals surface area (Å²) >= 11 is 0. The van der Waals surface area contributed by atoms with Gasteiger partial charge in [0, 0.05) is 30.7 Å². The molecule has 3 aromatic rings. The summed E-state index contributed by atoms with van der Waals surface area (Å²) in [4.78, 5) is 2.47. The van der Waals surface area contributed by atoms with E-state index in [0.717, 1.165) is 47.6 Å². The molecular formula is C37H45NO5. The first-order valence-corrected chi connectivity index (χ1v) is 15.9. The predicted octanol–water partition coefficient (Wildman–Crippen LogP) is 8.56. The summed E-state index contributed by atoms with van der Waals surface area (Å²) in [5, 5.41) is 2.33. The molecule has 43 heavy (non-hydrogen) atoms. The molecule has 0 radical (unpaired) electrons. The number of hydrogen-bond acceptors (Lipinski definition) is 6. The van der Waals surface area contributed by atoms with Crippen LogP contribution in [-0.4, -0.2) is 40.8 Å². The van der Waals surface area contributed by atoms with E-state index in [2.05, 4.69) is 69.1 Å². The van der Waals surface area contributed by atoms with Crippen LogP contribution in [0.15, 0.2) is 48.0 Å². The topological polar surface area (TPSA) is 49.4 Å². The minimum atomic E-state index is -0.0488. The van der Waals surface area contributed by atoms with Crippen molar-refractivity contribution in [2.24, 2.45) is 23.7 Å². The molecule has 0 spiro atoms. The number of anilines is 1. The zero-order chi connectivity index (χ0) is 30.0. The van der Waals surface area contributed by atoms with Crippen LogP contribution in [0.2, 0.25) is 0 Å². The van der Waals surface area contributed by atoms with Gasteiger partial charge in [0.15, 0.2) is 23.0 Å². The molecule has 2 heterocycles. The van der Waals surface area contributed by atoms with Crippen LogP contribution in [-0.2, 0) is 4.74 Å². The van der Waals surface area contributed by atoms with Crippen molar-refractivity contribution in [2.45, 2.75) is 64.5 Å². The summed E-state index contributed by atoms with van der Waals surface area (Å²) in [6, 6.07) is 13.0. The summed E-state index contributed by atoms with van der Waals surface area (Å²) in [5.41, 5.74) is 6.31. The highest BCUT2D eigenvalue weighted by molar-refractivity contribution is 6.05. The van der Waals surface area contributed by atoms with Gasteiger partial charge in [-0.2, -0.15) is 0 Å². The summed E-state index contributed by atoms with van der Waals surface area (Å²) in [7, 11) is 7.63. The van der Waals surface area contributed by atoms with Gasteiger partial charge in [-0.3, -0.25) is 0 Å². The molecule has 0 saturated heterocycles. The lowest BCUT2D eigenvalue weighted by Crippen LogP contribution is -2.49. The third-order valence-electron chi connectivity index (χ3n) is 11.2. The molecule has 6 nitrogen and oxygen atoms in total. The molecule has 3 aromatic carbocycles. The van der Waals surface area contributed by atoms with Crippen molar-refractivity contribution in [3.63, 3.8) is 0 Å². The normalized spacial score (nSPS) is 27.4. The van der Waals surface area contributed by atoms with E-state index in [1.165, 1.54) is 40.6 Å². The van der Waals surface area contributed by atoms with Gasteiger partial charge < -0.3 is 28.6 Å². The van der Waals surface area contributed by atoms with E-state index in [0.29, 0.717) is 23.7 Å². The Bertz CT molecular complexity index is 1590. The molecule has 1 fully saturated rings. The molecule has 7 rings (SSSR count). The van der Waals surface area contributed by atoms with Gasteiger partial charge in [0.05, 0.1) is 31.5 Å². The number of methoxy groups -OCH3 is 3. The van der Waals surface area contributed by atoms with Crippen molar-refractivity contribution >= 4 is 16.5 Å². The number of benzene rings is 3. The lowest BCUT2D eigenvalue weighted by atomic mass is 9.58. The number of allylic oxidation sites excluding steroid dienone is 1. The van der Waals surface area contributed by atoms with Crippen LogP contribution in [0.4, 0.5) is 5.69 Å². The van der Waals surface area contributed by atoms with Crippen LogP contribution in [0, 0.1) is 23.7 Å². The van der Waals surface area contributed by atoms with Crippen LogP contribution in [0.1, 0.15) is 64.5 Å². The highest BCUT2D eigenvalue weighted by atomic mass is 16.7. The Morgan fingerprint density at radius 2 is 1.74 bits per heavy atom. The van der Waals surface area contributed by atoms with E-state index < -0.39 is 0 Å². The minimum Gasteiger partial charge on any atom is -0.493 e. The maximum Gasteiger partial charge on any atom is 0.231 e. The average molecular weight is 584 g/mol. The van der Waals surface area contributed by atoms with E-state index in [9.17, 15) is 0 Å². The van der Waals surface area contributed by atoms with Crippen molar-refractivity contribution in [1.29, 1.82) is 0 Å². The number of nitrogens with zero attached hydrogens (tertiary/aromatic N) is 1. The van der Waals surface area contributed by atoms with Crippen LogP contribution in [0.3, 0.4) is 0 Å². The Kier molecular flexibility index (Phi) is 7.04. The van der Waals surface area contributed by atoms with Crippen molar-refractivity contribution in [2.75, 3.05) is 40.1 Å². The van der Waals surface area contributed by atoms with Gasteiger partial charge in [0.25, 0.3) is 0 Å². The van der Waals surface area contributed by atoms with Gasteiger partial charge in [-0.15, -0.1) is 0 Å². The third-order valence-corrected chi connectivity index (χ3v) is 11.2. The second-order valence-electron chi connectivity index (χ2n) is 13.5. The van der Waals surface area contributed by atoms with Gasteiger partial charge >= 0.3 is 0 Å². The third kappa shape index (κ3) is 4.39. The highest BCUT2D eigenvalue weighted by Gasteiger charge is 2.48. The second kappa shape index (κ2) is 10.7. The first-order valence-electron chi connectivity index (χ1n) is 15.9. The van der Waals surface area contributed by atoms with Gasteiger partial charge in [-0.05, 0) is 97.9 Å². The van der Waals surface area contributed by atoms with Crippen molar-refractivity contribution in [3.05, 3.63) is 53.6 Å². The fourth-order valence-corrected chi connectivity index (χ4v) is 8.82. The second-order valence-corrected chi connectivity index (χ2v) is 13.5. The Morgan fingerprint density at radius 3 is 2.47 bits per heavy atom. The first kappa shape index (κ1) is 28.4. The maximum atomic E-state index is 6.21. The quantitative estimate of drug-likeness (QED) is 0.271. The average Bonchev–Trinajstić information content (AvgIpc) is 3.48. The first-order chi connectivity index (χ1) is 20.8. The molecule has 2 aliphatic heterocycles. The molecule has 5 atom stereocenters. The standard InChI is InChI=1S/C37H45NO5/c1-21(2)24-14-15-37(3,41-7)29-12-8-22(16-28(24)29)17-30-34-25(11-13-31(39-5)36(34)40-6)26-10-9-23-18-32-33(43-20-42-32)19-27(23)35(26)38(30)4/h9-11,13,16,18-19,21,24,28-30H,8,12,14-15,17,20H2,1-7H3/t24-,28+,29-,30-,37+/m0/s1. The largest absolute Gasteiger partial charge is 0.493 e. The Morgan fingerprint density at radius 1 is 0.977 bits per heavy atom. The Balaban J connectivity index is 1.36. The summed E-state index contributed by atoms with van der Waals surface area (Å²) in [6.07, 6.45) is 8.23. The molecule has 0 aromatic heterocycles. The number of rotatable bonds is 6. The molecular weight excluding hydrogens is 538 g/mol. The van der Waals surface area contributed by atoms with Crippen LogP contribution >= 0.6 is 0 Å². The molecule has 0 N–H and O–H groups in total. The van der Waals surface area contributed by atoms with Gasteiger partial charge in [-0.25, -0.2) is 0 Å². The fourth-order valence-electron chi connectivity index (χ4n) is 8.82. The lowest BCUT2D eigenvalue weighted by molar-refractivity contribution is -0.108. The molecule has 228 valence electrons. The number of ether oxygens (including phenoxy) is 5. The van der Waals surface area contributed by atoms with Crippen molar-refractivity contribution in [3.8, 4) is 34.1 Å². The summed E-state index contributed by atoms with van der Waals surface area (Å²) < 4.78 is 29.7. The van der Waals surface area contributed by atoms with Crippen LogP contribution in [0.5, 0.6) is 23.0 Å². The number of fused-ring (bicyclic) bond motifs is 7. The monoisotopic (exact) mass is 583 g/mol. The summed E-state index contributed by atoms with van der Waals surface area (Å²) in [5.74, 6) is 5.65. The molecule has 4 aliphatic rings. The molecule has 1 saturated carbocycles. The van der Waals surface area contributed by atoms with Gasteiger partial charge in [-0.1, -0.05) is 37.6 Å². The van der Waals surface area contributed by atoms with Gasteiger partial charge in [0.2, 0.25) is 6.79 Å². The Labute approximate surface area is 255 Å². The minimum absolute atomic E-state index is 0.0488. The maximum absolute atomic E-state index is 6.21. The van der Waals surface area contributed by atoms with E-state index in [-0.39, 0.29) is 18.4 Å². The van der Waals surface area contributed by atoms with E-state index in [1.54, 1.807) is 19.8 Å². The Hall–Kier alpha value is -3.38. The zero-order valence-electron chi connectivity index (χ0n) is 26.7. The van der Waals surface area contributed by atoms with E-state index >= 15 is 0 Å². The number of hydrogen-bond donors (Lipinski definition) is 0. The van der Waals surface area contributed by atoms with Gasteiger partial charge in [0.1, 0.15) is 0 Å². The van der Waals surface area contributed by atoms with Crippen LogP contribution < -0.4 is 23.8 Å². The predicted molar refractivity (Wildman–Crippen MR) is 172 cm³/mol. The summed E-state index contributed by atoms with van der Waals surface area (Å²) in [6.45, 7) is 7.40. The van der Waals surface area contributed by atoms with Crippen molar-refractivity contribution in [1.82, 2.24) is 0 Å². The molecule has 2 aliphatic carbocycles. The van der Waals surface area contributed by atoms with E-state index in [1.807, 2.05) is 13.2 Å². The smallest absolute Gasteiger partial charge is 0.231 e. The fraction of sp³-hybridized carbons (Fsp3) is 0.514. The lowest BCUT2D eigenvalue weighted by Gasteiger charge is -2.51. The van der Waals surface area contributed by atoms with E-state index in [4.69, 9.17) is 23.7 Å². The zero-order valence-corrected chi connectivity index (χ0v) is 26.7. The SMILES string of the molecule is COc1ccc2c(c1OC)[C@H](CC1=C[C@@H]3[C@H](C(C)C)CC[C@@](C)(OC)[C@H]3CC1)N(C)c1c-2ccc2cc3c(cc12)OCO3. The molecule has 0 bridgehead atoms. The van der Waals surface area contributed by atoms with Crippen LogP contribution in [0.25, 0.3) is 21.9 Å².